The van der Waals surface area contributed by atoms with Gasteiger partial charge >= 0.3 is 11.9 Å². The van der Waals surface area contributed by atoms with Crippen molar-refractivity contribution in [3.63, 3.8) is 0 Å². The van der Waals surface area contributed by atoms with Gasteiger partial charge in [0.05, 0.1) is 24.7 Å². The van der Waals surface area contributed by atoms with E-state index in [1.54, 1.807) is 30.3 Å². The second-order valence-corrected chi connectivity index (χ2v) is 7.67. The number of ether oxygens (including phenoxy) is 2. The minimum atomic E-state index is -2.10. The number of esters is 2. The molecule has 8 heteroatoms. The van der Waals surface area contributed by atoms with Gasteiger partial charge in [-0.1, -0.05) is 36.4 Å². The molecule has 2 aromatic rings. The van der Waals surface area contributed by atoms with Crippen LogP contribution in [0.5, 0.6) is 5.75 Å². The number of phenolic OH excluding ortho intramolecular Hbond substituents is 1. The molecular weight excluding hydrogens is 416 g/mol. The van der Waals surface area contributed by atoms with Crippen molar-refractivity contribution in [2.45, 2.75) is 30.7 Å². The summed E-state index contributed by atoms with van der Waals surface area (Å²) >= 11 is 0. The zero-order valence-electron chi connectivity index (χ0n) is 17.4. The molecule has 1 fully saturated rings. The van der Waals surface area contributed by atoms with E-state index in [9.17, 15) is 29.7 Å². The van der Waals surface area contributed by atoms with Crippen LogP contribution in [0.3, 0.4) is 0 Å². The van der Waals surface area contributed by atoms with Gasteiger partial charge in [-0.2, -0.15) is 0 Å². The van der Waals surface area contributed by atoms with Crippen LogP contribution < -0.4 is 0 Å². The molecule has 0 bridgehead atoms. The molecule has 168 valence electrons. The fraction of sp³-hybridized carbons (Fsp3) is 0.292. The largest absolute Gasteiger partial charge is 0.508 e. The lowest BCUT2D eigenvalue weighted by molar-refractivity contribution is -0.182. The summed E-state index contributed by atoms with van der Waals surface area (Å²) in [5.41, 5.74) is -1.25. The van der Waals surface area contributed by atoms with Crippen LogP contribution in [0.25, 0.3) is 6.08 Å². The summed E-state index contributed by atoms with van der Waals surface area (Å²) in [4.78, 5) is 37.7. The Kier molecular flexibility index (Phi) is 7.07. The van der Waals surface area contributed by atoms with E-state index in [0.29, 0.717) is 5.56 Å². The number of carbonyl (C=O) groups excluding carboxylic acids is 3. The lowest BCUT2D eigenvalue weighted by atomic mass is 9.72. The van der Waals surface area contributed by atoms with Gasteiger partial charge in [0.2, 0.25) is 0 Å². The Balaban J connectivity index is 1.87. The first-order chi connectivity index (χ1) is 15.2. The van der Waals surface area contributed by atoms with Crippen LogP contribution in [-0.4, -0.2) is 58.0 Å². The monoisotopic (exact) mass is 440 g/mol. The highest BCUT2D eigenvalue weighted by atomic mass is 16.6. The number of carbonyl (C=O) groups is 3. The number of allylic oxidation sites excluding steroid dienone is 1. The molecule has 1 aliphatic carbocycles. The highest BCUT2D eigenvalue weighted by Gasteiger charge is 2.53. The van der Waals surface area contributed by atoms with Crippen molar-refractivity contribution in [3.8, 4) is 5.75 Å². The molecule has 2 aromatic carbocycles. The Morgan fingerprint density at radius 2 is 1.69 bits per heavy atom. The number of methoxy groups -OCH3 is 1. The maximum absolute atomic E-state index is 13.0. The predicted molar refractivity (Wildman–Crippen MR) is 113 cm³/mol. The highest BCUT2D eigenvalue weighted by Crippen LogP contribution is 2.37. The molecule has 0 heterocycles. The first-order valence-corrected chi connectivity index (χ1v) is 9.99. The lowest BCUT2D eigenvalue weighted by Gasteiger charge is -2.41. The van der Waals surface area contributed by atoms with Gasteiger partial charge < -0.3 is 24.8 Å². The van der Waals surface area contributed by atoms with E-state index < -0.39 is 47.9 Å². The van der Waals surface area contributed by atoms with E-state index in [2.05, 4.69) is 4.74 Å². The van der Waals surface area contributed by atoms with Crippen molar-refractivity contribution in [2.24, 2.45) is 5.92 Å². The summed E-state index contributed by atoms with van der Waals surface area (Å²) in [7, 11) is 1.09. The summed E-state index contributed by atoms with van der Waals surface area (Å²) in [6.45, 7) is 0. The van der Waals surface area contributed by atoms with E-state index in [1.165, 1.54) is 36.4 Å². The molecule has 0 spiro atoms. The second-order valence-electron chi connectivity index (χ2n) is 7.67. The number of phenols is 1. The standard InChI is InChI=1S/C24H24O8/c1-31-23(29)24(30)13-18(19(26)12-9-15-7-10-17(25)11-8-15)21(20(27)14-24)32-22(28)16-5-3-2-4-6-16/h2-12,18,20-21,25,27,30H,13-14H2,1H3/b12-9+/t18-,20+,21-,24+/m0/s1. The molecule has 0 unspecified atom stereocenters. The first kappa shape index (κ1) is 23.2. The minimum absolute atomic E-state index is 0.0694. The van der Waals surface area contributed by atoms with E-state index in [1.807, 2.05) is 0 Å². The summed E-state index contributed by atoms with van der Waals surface area (Å²) in [6, 6.07) is 14.2. The van der Waals surface area contributed by atoms with Crippen molar-refractivity contribution in [1.29, 1.82) is 0 Å². The van der Waals surface area contributed by atoms with Crippen LogP contribution in [0.1, 0.15) is 28.8 Å². The third-order valence-corrected chi connectivity index (χ3v) is 5.40. The Morgan fingerprint density at radius 1 is 1.03 bits per heavy atom. The molecule has 1 saturated carbocycles. The molecule has 8 nitrogen and oxygen atoms in total. The molecule has 0 saturated heterocycles. The molecule has 32 heavy (non-hydrogen) atoms. The predicted octanol–water partition coefficient (Wildman–Crippen LogP) is 1.88. The molecule has 0 amide bonds. The van der Waals surface area contributed by atoms with E-state index in [-0.39, 0.29) is 17.7 Å². The van der Waals surface area contributed by atoms with Crippen molar-refractivity contribution < 1.29 is 39.2 Å². The summed E-state index contributed by atoms with van der Waals surface area (Å²) in [6.07, 6.45) is -0.882. The van der Waals surface area contributed by atoms with Crippen molar-refractivity contribution in [2.75, 3.05) is 7.11 Å². The molecule has 0 aliphatic heterocycles. The Labute approximate surface area is 184 Å². The highest BCUT2D eigenvalue weighted by molar-refractivity contribution is 5.97. The zero-order chi connectivity index (χ0) is 23.3. The van der Waals surface area contributed by atoms with Crippen molar-refractivity contribution in [1.82, 2.24) is 0 Å². The Hall–Kier alpha value is -3.49. The van der Waals surface area contributed by atoms with Gasteiger partial charge in [-0.3, -0.25) is 4.79 Å². The van der Waals surface area contributed by atoms with Crippen LogP contribution in [0.4, 0.5) is 0 Å². The molecule has 3 N–H and O–H groups in total. The molecule has 0 radical (unpaired) electrons. The van der Waals surface area contributed by atoms with E-state index >= 15 is 0 Å². The summed E-state index contributed by atoms with van der Waals surface area (Å²) in [5.74, 6) is -3.39. The van der Waals surface area contributed by atoms with Crippen molar-refractivity contribution >= 4 is 23.8 Å². The number of aromatic hydroxyl groups is 1. The quantitative estimate of drug-likeness (QED) is 0.459. The fourth-order valence-electron chi connectivity index (χ4n) is 3.73. The van der Waals surface area contributed by atoms with Crippen LogP contribution in [0.15, 0.2) is 60.7 Å². The number of aliphatic hydroxyl groups excluding tert-OH is 1. The Morgan fingerprint density at radius 3 is 2.31 bits per heavy atom. The Bertz CT molecular complexity index is 998. The zero-order valence-corrected chi connectivity index (χ0v) is 17.4. The number of ketones is 1. The molecular formula is C24H24O8. The summed E-state index contributed by atoms with van der Waals surface area (Å²) in [5, 5.41) is 30.7. The fourth-order valence-corrected chi connectivity index (χ4v) is 3.73. The SMILES string of the molecule is COC(=O)[C@]1(O)C[C@@H](O)[C@@H](OC(=O)c2ccccc2)[C@H](C(=O)/C=C/c2ccc(O)cc2)C1. The third kappa shape index (κ3) is 5.22. The normalized spacial score (nSPS) is 25.3. The molecule has 3 rings (SSSR count). The maximum Gasteiger partial charge on any atom is 0.338 e. The van der Waals surface area contributed by atoms with Crippen molar-refractivity contribution in [3.05, 3.63) is 71.8 Å². The van der Waals surface area contributed by atoms with Gasteiger partial charge in [-0.25, -0.2) is 9.59 Å². The minimum Gasteiger partial charge on any atom is -0.508 e. The van der Waals surface area contributed by atoms with Crippen LogP contribution >= 0.6 is 0 Å². The molecule has 1 aliphatic rings. The lowest BCUT2D eigenvalue weighted by Crippen LogP contribution is -2.57. The van der Waals surface area contributed by atoms with E-state index in [4.69, 9.17) is 4.74 Å². The average Bonchev–Trinajstić information content (AvgIpc) is 2.80. The number of benzene rings is 2. The number of hydrogen-bond donors (Lipinski definition) is 3. The topological polar surface area (TPSA) is 130 Å². The first-order valence-electron chi connectivity index (χ1n) is 9.99. The third-order valence-electron chi connectivity index (χ3n) is 5.40. The number of hydrogen-bond acceptors (Lipinski definition) is 8. The van der Waals surface area contributed by atoms with Gasteiger partial charge in [0.15, 0.2) is 11.4 Å². The number of aliphatic hydroxyl groups is 2. The van der Waals surface area contributed by atoms with Crippen LogP contribution in [0, 0.1) is 5.92 Å². The van der Waals surface area contributed by atoms with Gasteiger partial charge in [0.25, 0.3) is 0 Å². The summed E-state index contributed by atoms with van der Waals surface area (Å²) < 4.78 is 10.1. The van der Waals surface area contributed by atoms with Gasteiger partial charge in [-0.05, 0) is 35.9 Å². The van der Waals surface area contributed by atoms with E-state index in [0.717, 1.165) is 7.11 Å². The van der Waals surface area contributed by atoms with Gasteiger partial charge in [-0.15, -0.1) is 0 Å². The second kappa shape index (κ2) is 9.76. The average molecular weight is 440 g/mol. The molecule has 4 atom stereocenters. The number of rotatable bonds is 6. The van der Waals surface area contributed by atoms with Crippen LogP contribution in [0.2, 0.25) is 0 Å². The maximum atomic E-state index is 13.0. The molecule has 0 aromatic heterocycles. The van der Waals surface area contributed by atoms with Crippen LogP contribution in [-0.2, 0) is 19.1 Å². The smallest absolute Gasteiger partial charge is 0.338 e. The van der Waals surface area contributed by atoms with Gasteiger partial charge in [0.1, 0.15) is 11.9 Å². The van der Waals surface area contributed by atoms with Gasteiger partial charge in [0, 0.05) is 12.8 Å².